The molecular weight excluding hydrogens is 362 g/mol. The van der Waals surface area contributed by atoms with Crippen LogP contribution in [-0.2, 0) is 6.54 Å². The fourth-order valence-electron chi connectivity index (χ4n) is 1.44. The predicted octanol–water partition coefficient (Wildman–Crippen LogP) is 3.85. The summed E-state index contributed by atoms with van der Waals surface area (Å²) in [5.41, 5.74) is 1.14. The molecule has 1 aromatic carbocycles. The van der Waals surface area contributed by atoms with Gasteiger partial charge >= 0.3 is 0 Å². The van der Waals surface area contributed by atoms with Crippen LogP contribution < -0.4 is 14.8 Å². The van der Waals surface area contributed by atoms with E-state index in [4.69, 9.17) is 9.47 Å². The lowest BCUT2D eigenvalue weighted by Crippen LogP contribution is -2.12. The summed E-state index contributed by atoms with van der Waals surface area (Å²) < 4.78 is 12.7. The minimum Gasteiger partial charge on any atom is -0.493 e. The molecule has 0 saturated heterocycles. The third-order valence-corrected chi connectivity index (χ3v) is 3.06. The van der Waals surface area contributed by atoms with Crippen molar-refractivity contribution in [2.24, 2.45) is 0 Å². The van der Waals surface area contributed by atoms with Crippen molar-refractivity contribution in [3.05, 3.63) is 33.2 Å². The van der Waals surface area contributed by atoms with E-state index in [1.54, 1.807) is 7.11 Å². The minimum absolute atomic E-state index is 0.404. The van der Waals surface area contributed by atoms with Crippen LogP contribution in [-0.4, -0.2) is 20.3 Å². The molecule has 18 heavy (non-hydrogen) atoms. The predicted molar refractivity (Wildman–Crippen MR) is 81.6 cm³/mol. The van der Waals surface area contributed by atoms with E-state index < -0.39 is 0 Å². The van der Waals surface area contributed by atoms with Gasteiger partial charge in [-0.25, -0.2) is 0 Å². The lowest BCUT2D eigenvalue weighted by Gasteiger charge is -2.14. The lowest BCUT2D eigenvalue weighted by molar-refractivity contribution is 0.322. The topological polar surface area (TPSA) is 30.5 Å². The molecule has 0 unspecified atom stereocenters. The maximum Gasteiger partial charge on any atom is 0.175 e. The molecule has 1 N–H and O–H groups in total. The summed E-state index contributed by atoms with van der Waals surface area (Å²) in [4.78, 5) is 0. The number of nitrogens with one attached hydrogen (secondary N) is 1. The van der Waals surface area contributed by atoms with Crippen molar-refractivity contribution in [3.8, 4) is 11.5 Å². The minimum atomic E-state index is 0.404. The van der Waals surface area contributed by atoms with Gasteiger partial charge in [-0.1, -0.05) is 29.4 Å². The number of benzene rings is 1. The maximum atomic E-state index is 5.64. The van der Waals surface area contributed by atoms with Crippen molar-refractivity contribution < 1.29 is 9.47 Å². The molecule has 0 spiro atoms. The van der Waals surface area contributed by atoms with Crippen molar-refractivity contribution in [2.75, 3.05) is 20.3 Å². The standard InChI is InChI=1S/C13H17Br2NO2/c1-4-16-7-10-5-11(15)13(12(6-10)17-3)18-8-9(2)14/h5-6,16H,2,4,7-8H2,1,3H3. The van der Waals surface area contributed by atoms with E-state index in [0.717, 1.165) is 27.6 Å². The molecule has 1 aromatic rings. The fourth-order valence-corrected chi connectivity index (χ4v) is 2.15. The number of rotatable bonds is 7. The first-order valence-corrected chi connectivity index (χ1v) is 7.20. The first-order valence-electron chi connectivity index (χ1n) is 5.61. The summed E-state index contributed by atoms with van der Waals surface area (Å²) in [7, 11) is 1.63. The third kappa shape index (κ3) is 4.63. The van der Waals surface area contributed by atoms with Crippen molar-refractivity contribution in [1.82, 2.24) is 5.32 Å². The van der Waals surface area contributed by atoms with Crippen molar-refractivity contribution in [3.63, 3.8) is 0 Å². The Hall–Kier alpha value is -0.520. The summed E-state index contributed by atoms with van der Waals surface area (Å²) in [5, 5.41) is 3.27. The van der Waals surface area contributed by atoms with Crippen molar-refractivity contribution in [2.45, 2.75) is 13.5 Å². The van der Waals surface area contributed by atoms with Crippen molar-refractivity contribution in [1.29, 1.82) is 0 Å². The smallest absolute Gasteiger partial charge is 0.175 e. The Morgan fingerprint density at radius 1 is 1.44 bits per heavy atom. The Bertz CT molecular complexity index is 422. The first kappa shape index (κ1) is 15.5. The van der Waals surface area contributed by atoms with Gasteiger partial charge in [0.25, 0.3) is 0 Å². The Kier molecular flexibility index (Phi) is 6.75. The molecule has 0 aliphatic rings. The second-order valence-corrected chi connectivity index (χ2v) is 5.67. The van der Waals surface area contributed by atoms with E-state index in [0.29, 0.717) is 18.1 Å². The highest BCUT2D eigenvalue weighted by molar-refractivity contribution is 9.11. The molecule has 0 bridgehead atoms. The van der Waals surface area contributed by atoms with Crippen LogP contribution in [0.1, 0.15) is 12.5 Å². The van der Waals surface area contributed by atoms with Gasteiger partial charge in [0.2, 0.25) is 0 Å². The van der Waals surface area contributed by atoms with Gasteiger partial charge in [0.15, 0.2) is 11.5 Å². The number of ether oxygens (including phenoxy) is 2. The van der Waals surface area contributed by atoms with Crippen LogP contribution in [0, 0.1) is 0 Å². The number of halogens is 2. The summed E-state index contributed by atoms with van der Waals surface area (Å²) >= 11 is 6.77. The monoisotopic (exact) mass is 377 g/mol. The molecule has 1 rings (SSSR count). The van der Waals surface area contributed by atoms with E-state index >= 15 is 0 Å². The SMILES string of the molecule is C=C(Br)COc1c(Br)cc(CNCC)cc1OC. The van der Waals surface area contributed by atoms with Gasteiger partial charge in [0.1, 0.15) is 6.61 Å². The summed E-state index contributed by atoms with van der Waals surface area (Å²) in [6, 6.07) is 4.00. The Labute approximate surface area is 125 Å². The molecule has 0 atom stereocenters. The second kappa shape index (κ2) is 7.81. The zero-order chi connectivity index (χ0) is 13.5. The van der Waals surface area contributed by atoms with Gasteiger partial charge in [0, 0.05) is 11.0 Å². The second-order valence-electron chi connectivity index (χ2n) is 3.70. The van der Waals surface area contributed by atoms with Crippen LogP contribution >= 0.6 is 31.9 Å². The molecule has 0 saturated carbocycles. The van der Waals surface area contributed by atoms with Gasteiger partial charge in [-0.2, -0.15) is 0 Å². The normalized spacial score (nSPS) is 10.2. The molecule has 3 nitrogen and oxygen atoms in total. The molecule has 0 amide bonds. The molecule has 0 heterocycles. The van der Waals surface area contributed by atoms with Crippen LogP contribution in [0.5, 0.6) is 11.5 Å². The van der Waals surface area contributed by atoms with E-state index in [2.05, 4.69) is 50.7 Å². The highest BCUT2D eigenvalue weighted by Gasteiger charge is 2.11. The van der Waals surface area contributed by atoms with Crippen LogP contribution in [0.15, 0.2) is 27.7 Å². The zero-order valence-corrected chi connectivity index (χ0v) is 13.7. The molecule has 0 aromatic heterocycles. The van der Waals surface area contributed by atoms with E-state index in [1.165, 1.54) is 0 Å². The van der Waals surface area contributed by atoms with Gasteiger partial charge < -0.3 is 14.8 Å². The number of methoxy groups -OCH3 is 1. The van der Waals surface area contributed by atoms with Crippen LogP contribution in [0.2, 0.25) is 0 Å². The van der Waals surface area contributed by atoms with Gasteiger partial charge in [-0.05, 0) is 40.2 Å². The van der Waals surface area contributed by atoms with Crippen molar-refractivity contribution >= 4 is 31.9 Å². The number of hydrogen-bond donors (Lipinski definition) is 1. The molecule has 100 valence electrons. The Balaban J connectivity index is 2.92. The highest BCUT2D eigenvalue weighted by atomic mass is 79.9. The first-order chi connectivity index (χ1) is 8.58. The number of hydrogen-bond acceptors (Lipinski definition) is 3. The van der Waals surface area contributed by atoms with Crippen LogP contribution in [0.25, 0.3) is 0 Å². The maximum absolute atomic E-state index is 5.64. The largest absolute Gasteiger partial charge is 0.493 e. The average molecular weight is 379 g/mol. The molecule has 0 radical (unpaired) electrons. The summed E-state index contributed by atoms with van der Waals surface area (Å²) in [5.74, 6) is 1.41. The lowest BCUT2D eigenvalue weighted by atomic mass is 10.2. The average Bonchev–Trinajstić information content (AvgIpc) is 2.34. The van der Waals surface area contributed by atoms with Crippen LogP contribution in [0.3, 0.4) is 0 Å². The Morgan fingerprint density at radius 2 is 2.17 bits per heavy atom. The quantitative estimate of drug-likeness (QED) is 0.781. The van der Waals surface area contributed by atoms with E-state index in [9.17, 15) is 0 Å². The van der Waals surface area contributed by atoms with Crippen LogP contribution in [0.4, 0.5) is 0 Å². The Morgan fingerprint density at radius 3 is 2.72 bits per heavy atom. The molecule has 0 aliphatic heterocycles. The van der Waals surface area contributed by atoms with E-state index in [1.807, 2.05) is 12.1 Å². The van der Waals surface area contributed by atoms with Gasteiger partial charge in [0.05, 0.1) is 11.6 Å². The fraction of sp³-hybridized carbons (Fsp3) is 0.385. The molecular formula is C13H17Br2NO2. The molecule has 0 aliphatic carbocycles. The molecule has 5 heteroatoms. The highest BCUT2D eigenvalue weighted by Crippen LogP contribution is 2.37. The third-order valence-electron chi connectivity index (χ3n) is 2.24. The van der Waals surface area contributed by atoms with Gasteiger partial charge in [-0.3, -0.25) is 0 Å². The van der Waals surface area contributed by atoms with Gasteiger partial charge in [-0.15, -0.1) is 0 Å². The summed E-state index contributed by atoms with van der Waals surface area (Å²) in [6.45, 7) is 7.95. The molecule has 0 fully saturated rings. The summed E-state index contributed by atoms with van der Waals surface area (Å²) in [6.07, 6.45) is 0. The zero-order valence-electron chi connectivity index (χ0n) is 10.6. The van der Waals surface area contributed by atoms with E-state index in [-0.39, 0.29) is 0 Å².